The van der Waals surface area contributed by atoms with Crippen LogP contribution in [0.4, 0.5) is 0 Å². The number of amides is 2. The van der Waals surface area contributed by atoms with Gasteiger partial charge in [-0.25, -0.2) is 0 Å². The number of nitrogens with one attached hydrogen (secondary N) is 1. The summed E-state index contributed by atoms with van der Waals surface area (Å²) in [6, 6.07) is 18.7. The van der Waals surface area contributed by atoms with E-state index in [9.17, 15) is 9.59 Å². The fourth-order valence-corrected chi connectivity index (χ4v) is 4.04. The minimum atomic E-state index is -0.450. The maximum absolute atomic E-state index is 12.8. The third-order valence-corrected chi connectivity index (χ3v) is 5.66. The van der Waals surface area contributed by atoms with Gasteiger partial charge in [0.05, 0.1) is 5.41 Å². The summed E-state index contributed by atoms with van der Waals surface area (Å²) >= 11 is 0. The van der Waals surface area contributed by atoms with Crippen LogP contribution in [0.3, 0.4) is 0 Å². The molecule has 0 aromatic heterocycles. The molecule has 1 aliphatic heterocycles. The Hall–Kier alpha value is -2.62. The standard InChI is InChI=1S/C23H28N2O2/c1-3-21(26)25-14-12-23(13-15-25,22(27)24-2)17-18-8-7-11-20(16-18)19-9-5-4-6-10-19/h4-11,16H,3,12-15,17H2,1-2H3,(H,24,27). The van der Waals surface area contributed by atoms with E-state index < -0.39 is 5.41 Å². The summed E-state index contributed by atoms with van der Waals surface area (Å²) in [7, 11) is 1.70. The molecular weight excluding hydrogens is 336 g/mol. The first kappa shape index (κ1) is 19.2. The largest absolute Gasteiger partial charge is 0.359 e. The summed E-state index contributed by atoms with van der Waals surface area (Å²) in [5.74, 6) is 0.253. The van der Waals surface area contributed by atoms with Crippen molar-refractivity contribution in [3.63, 3.8) is 0 Å². The fourth-order valence-electron chi connectivity index (χ4n) is 4.04. The van der Waals surface area contributed by atoms with Crippen LogP contribution < -0.4 is 5.32 Å². The Morgan fingerprint density at radius 3 is 2.30 bits per heavy atom. The lowest BCUT2D eigenvalue weighted by molar-refractivity contribution is -0.140. The van der Waals surface area contributed by atoms with E-state index in [1.807, 2.05) is 30.0 Å². The van der Waals surface area contributed by atoms with Crippen molar-refractivity contribution in [2.45, 2.75) is 32.6 Å². The molecule has 2 aromatic carbocycles. The van der Waals surface area contributed by atoms with Gasteiger partial charge >= 0.3 is 0 Å². The summed E-state index contributed by atoms with van der Waals surface area (Å²) in [4.78, 5) is 26.7. The summed E-state index contributed by atoms with van der Waals surface area (Å²) in [6.07, 6.45) is 2.62. The molecule has 0 aliphatic carbocycles. The van der Waals surface area contributed by atoms with Crippen LogP contribution in [0.25, 0.3) is 11.1 Å². The first-order chi connectivity index (χ1) is 13.1. The molecule has 1 N–H and O–H groups in total. The molecule has 0 spiro atoms. The third-order valence-electron chi connectivity index (χ3n) is 5.66. The molecule has 1 saturated heterocycles. The minimum Gasteiger partial charge on any atom is -0.359 e. The van der Waals surface area contributed by atoms with Gasteiger partial charge in [-0.15, -0.1) is 0 Å². The molecule has 2 aromatic rings. The van der Waals surface area contributed by atoms with Crippen LogP contribution in [0, 0.1) is 5.41 Å². The maximum Gasteiger partial charge on any atom is 0.226 e. The van der Waals surface area contributed by atoms with Gasteiger partial charge in [-0.2, -0.15) is 0 Å². The van der Waals surface area contributed by atoms with Crippen molar-refractivity contribution < 1.29 is 9.59 Å². The molecule has 0 radical (unpaired) electrons. The van der Waals surface area contributed by atoms with E-state index in [0.29, 0.717) is 38.8 Å². The molecule has 142 valence electrons. The smallest absolute Gasteiger partial charge is 0.226 e. The highest BCUT2D eigenvalue weighted by molar-refractivity contribution is 5.83. The van der Waals surface area contributed by atoms with Crippen molar-refractivity contribution in [3.8, 4) is 11.1 Å². The van der Waals surface area contributed by atoms with Gasteiger partial charge in [-0.3, -0.25) is 9.59 Å². The van der Waals surface area contributed by atoms with Gasteiger partial charge in [0.2, 0.25) is 11.8 Å². The Kier molecular flexibility index (Phi) is 5.94. The number of carbonyl (C=O) groups excluding carboxylic acids is 2. The number of likely N-dealkylation sites (tertiary alicyclic amines) is 1. The zero-order valence-electron chi connectivity index (χ0n) is 16.2. The molecule has 4 heteroatoms. The van der Waals surface area contributed by atoms with Crippen molar-refractivity contribution in [2.75, 3.05) is 20.1 Å². The second-order valence-corrected chi connectivity index (χ2v) is 7.34. The SMILES string of the molecule is CCC(=O)N1CCC(Cc2cccc(-c3ccccc3)c2)(C(=O)NC)CC1. The molecule has 1 heterocycles. The van der Waals surface area contributed by atoms with Gasteiger partial charge in [0, 0.05) is 26.6 Å². The Labute approximate surface area is 161 Å². The van der Waals surface area contributed by atoms with E-state index >= 15 is 0 Å². The molecule has 0 unspecified atom stereocenters. The van der Waals surface area contributed by atoms with E-state index in [2.05, 4.69) is 41.7 Å². The van der Waals surface area contributed by atoms with Gasteiger partial charge in [0.25, 0.3) is 0 Å². The minimum absolute atomic E-state index is 0.0798. The number of carbonyl (C=O) groups is 2. The molecule has 27 heavy (non-hydrogen) atoms. The van der Waals surface area contributed by atoms with Crippen molar-refractivity contribution in [1.29, 1.82) is 0 Å². The van der Waals surface area contributed by atoms with Crippen LogP contribution in [0.5, 0.6) is 0 Å². The van der Waals surface area contributed by atoms with Crippen LogP contribution in [-0.4, -0.2) is 36.9 Å². The Bertz CT molecular complexity index is 793. The van der Waals surface area contributed by atoms with Crippen molar-refractivity contribution in [1.82, 2.24) is 10.2 Å². The lowest BCUT2D eigenvalue weighted by atomic mass is 9.72. The molecular formula is C23H28N2O2. The average Bonchev–Trinajstić information content (AvgIpc) is 2.74. The average molecular weight is 364 g/mol. The lowest BCUT2D eigenvalue weighted by Gasteiger charge is -2.40. The topological polar surface area (TPSA) is 49.4 Å². The molecule has 0 atom stereocenters. The number of hydrogen-bond donors (Lipinski definition) is 1. The Balaban J connectivity index is 1.82. The molecule has 2 amide bonds. The normalized spacial score (nSPS) is 16.0. The second kappa shape index (κ2) is 8.38. The monoisotopic (exact) mass is 364 g/mol. The Morgan fingerprint density at radius 1 is 1.00 bits per heavy atom. The quantitative estimate of drug-likeness (QED) is 0.880. The van der Waals surface area contributed by atoms with E-state index in [1.54, 1.807) is 7.05 Å². The summed E-state index contributed by atoms with van der Waals surface area (Å²) in [5, 5.41) is 2.86. The molecule has 0 bridgehead atoms. The van der Waals surface area contributed by atoms with E-state index in [0.717, 1.165) is 5.56 Å². The highest BCUT2D eigenvalue weighted by Crippen LogP contribution is 2.36. The summed E-state index contributed by atoms with van der Waals surface area (Å²) in [5.41, 5.74) is 3.06. The number of rotatable bonds is 5. The molecule has 4 nitrogen and oxygen atoms in total. The third kappa shape index (κ3) is 4.21. The van der Waals surface area contributed by atoms with Crippen molar-refractivity contribution in [3.05, 3.63) is 60.2 Å². The summed E-state index contributed by atoms with van der Waals surface area (Å²) < 4.78 is 0. The number of nitrogens with zero attached hydrogens (tertiary/aromatic N) is 1. The fraction of sp³-hybridized carbons (Fsp3) is 0.391. The van der Waals surface area contributed by atoms with Gasteiger partial charge in [-0.05, 0) is 36.0 Å². The van der Waals surface area contributed by atoms with E-state index in [4.69, 9.17) is 0 Å². The molecule has 3 rings (SSSR count). The predicted octanol–water partition coefficient (Wildman–Crippen LogP) is 3.66. The van der Waals surface area contributed by atoms with Gasteiger partial charge in [0.1, 0.15) is 0 Å². The Morgan fingerprint density at radius 2 is 1.67 bits per heavy atom. The van der Waals surface area contributed by atoms with Crippen LogP contribution >= 0.6 is 0 Å². The van der Waals surface area contributed by atoms with Crippen LogP contribution in [0.15, 0.2) is 54.6 Å². The maximum atomic E-state index is 12.8. The van der Waals surface area contributed by atoms with Crippen LogP contribution in [0.2, 0.25) is 0 Å². The van der Waals surface area contributed by atoms with E-state index in [1.165, 1.54) is 11.1 Å². The van der Waals surface area contributed by atoms with Crippen LogP contribution in [0.1, 0.15) is 31.7 Å². The van der Waals surface area contributed by atoms with Crippen molar-refractivity contribution >= 4 is 11.8 Å². The zero-order valence-corrected chi connectivity index (χ0v) is 16.2. The van der Waals surface area contributed by atoms with Crippen molar-refractivity contribution in [2.24, 2.45) is 5.41 Å². The van der Waals surface area contributed by atoms with Gasteiger partial charge < -0.3 is 10.2 Å². The molecule has 0 saturated carbocycles. The van der Waals surface area contributed by atoms with Crippen LogP contribution in [-0.2, 0) is 16.0 Å². The van der Waals surface area contributed by atoms with E-state index in [-0.39, 0.29) is 11.8 Å². The summed E-state index contributed by atoms with van der Waals surface area (Å²) in [6.45, 7) is 3.19. The molecule has 1 aliphatic rings. The second-order valence-electron chi connectivity index (χ2n) is 7.34. The number of piperidine rings is 1. The zero-order chi connectivity index (χ0) is 19.3. The van der Waals surface area contributed by atoms with Gasteiger partial charge in [-0.1, -0.05) is 61.5 Å². The number of benzene rings is 2. The van der Waals surface area contributed by atoms with Gasteiger partial charge in [0.15, 0.2) is 0 Å². The highest BCUT2D eigenvalue weighted by Gasteiger charge is 2.41. The predicted molar refractivity (Wildman–Crippen MR) is 108 cm³/mol. The first-order valence-corrected chi connectivity index (χ1v) is 9.72. The number of hydrogen-bond acceptors (Lipinski definition) is 2. The lowest BCUT2D eigenvalue weighted by Crippen LogP contribution is -2.50. The highest BCUT2D eigenvalue weighted by atomic mass is 16.2. The molecule has 1 fully saturated rings. The first-order valence-electron chi connectivity index (χ1n) is 9.72.